The molecule has 0 spiro atoms. The van der Waals surface area contributed by atoms with Gasteiger partial charge in [0, 0.05) is 5.41 Å². The molecule has 2 N–H and O–H groups in total. The molecule has 2 heteroatoms. The average molecular weight is 182 g/mol. The van der Waals surface area contributed by atoms with E-state index in [0.29, 0.717) is 11.8 Å². The summed E-state index contributed by atoms with van der Waals surface area (Å²) in [7, 11) is 0. The van der Waals surface area contributed by atoms with Gasteiger partial charge in [-0.3, -0.25) is 0 Å². The van der Waals surface area contributed by atoms with Gasteiger partial charge in [-0.05, 0) is 23.7 Å². The number of hydrogen-bond acceptors (Lipinski definition) is 2. The summed E-state index contributed by atoms with van der Waals surface area (Å²) in [6, 6.07) is 0. The van der Waals surface area contributed by atoms with Crippen molar-refractivity contribution in [2.24, 2.45) is 22.7 Å². The molecule has 0 aromatic carbocycles. The lowest BCUT2D eigenvalue weighted by Gasteiger charge is -2.34. The highest BCUT2D eigenvalue weighted by Gasteiger charge is 2.58. The third-order valence-electron chi connectivity index (χ3n) is 4.21. The highest BCUT2D eigenvalue weighted by molar-refractivity contribution is 5.22. The third-order valence-corrected chi connectivity index (χ3v) is 4.21. The first-order valence-corrected chi connectivity index (χ1v) is 4.97. The number of hydrogen-bond donors (Lipinski definition) is 2. The minimum absolute atomic E-state index is 0.110. The Labute approximate surface area is 79.3 Å². The molecule has 0 aliphatic heterocycles. The summed E-state index contributed by atoms with van der Waals surface area (Å²) in [5.74, 6) is 0.886. The fourth-order valence-electron chi connectivity index (χ4n) is 3.24. The molecule has 74 valence electrons. The van der Waals surface area contributed by atoms with Gasteiger partial charge in [0.25, 0.3) is 0 Å². The number of rotatable bonds is 2. The van der Waals surface area contributed by atoms with Gasteiger partial charge in [-0.1, -0.05) is 26.0 Å². The second-order valence-electron chi connectivity index (χ2n) is 5.17. The van der Waals surface area contributed by atoms with Crippen LogP contribution >= 0.6 is 0 Å². The molecule has 1 fully saturated rings. The van der Waals surface area contributed by atoms with Crippen LogP contribution < -0.4 is 0 Å². The molecule has 2 rings (SSSR count). The maximum Gasteiger partial charge on any atom is 0.0515 e. The summed E-state index contributed by atoms with van der Waals surface area (Å²) in [5, 5.41) is 18.8. The first kappa shape index (κ1) is 9.22. The monoisotopic (exact) mass is 182 g/mol. The lowest BCUT2D eigenvalue weighted by atomic mass is 9.72. The molecule has 2 unspecified atom stereocenters. The maximum absolute atomic E-state index is 9.38. The highest BCUT2D eigenvalue weighted by atomic mass is 16.3. The van der Waals surface area contributed by atoms with Gasteiger partial charge < -0.3 is 10.2 Å². The topological polar surface area (TPSA) is 40.5 Å². The van der Waals surface area contributed by atoms with E-state index in [1.54, 1.807) is 0 Å². The summed E-state index contributed by atoms with van der Waals surface area (Å²) < 4.78 is 0. The first-order valence-electron chi connectivity index (χ1n) is 4.97. The molecule has 2 bridgehead atoms. The van der Waals surface area contributed by atoms with Crippen molar-refractivity contribution in [2.75, 3.05) is 13.2 Å². The van der Waals surface area contributed by atoms with E-state index in [9.17, 15) is 10.2 Å². The van der Waals surface area contributed by atoms with Gasteiger partial charge in [0.15, 0.2) is 0 Å². The molecular formula is C11H18O2. The zero-order chi connectivity index (χ0) is 9.69. The fraction of sp³-hybridized carbons (Fsp3) is 0.818. The van der Waals surface area contributed by atoms with E-state index in [1.165, 1.54) is 0 Å². The molecule has 2 atom stereocenters. The minimum Gasteiger partial charge on any atom is -0.396 e. The van der Waals surface area contributed by atoms with Gasteiger partial charge in [-0.2, -0.15) is 0 Å². The summed E-state index contributed by atoms with van der Waals surface area (Å²) >= 11 is 0. The van der Waals surface area contributed by atoms with Crippen molar-refractivity contribution in [1.82, 2.24) is 0 Å². The molecule has 13 heavy (non-hydrogen) atoms. The van der Waals surface area contributed by atoms with Crippen LogP contribution in [0.3, 0.4) is 0 Å². The van der Waals surface area contributed by atoms with E-state index >= 15 is 0 Å². The number of fused-ring (bicyclic) bond motifs is 2. The van der Waals surface area contributed by atoms with Crippen molar-refractivity contribution in [3.8, 4) is 0 Å². The number of allylic oxidation sites excluding steroid dienone is 2. The van der Waals surface area contributed by atoms with E-state index in [2.05, 4.69) is 26.0 Å². The molecule has 0 radical (unpaired) electrons. The average Bonchev–Trinajstić information content (AvgIpc) is 2.53. The van der Waals surface area contributed by atoms with Crippen LogP contribution in [0.25, 0.3) is 0 Å². The van der Waals surface area contributed by atoms with Gasteiger partial charge in [0.05, 0.1) is 13.2 Å². The predicted octanol–water partition coefficient (Wildman–Crippen LogP) is 1.19. The van der Waals surface area contributed by atoms with Crippen LogP contribution in [-0.4, -0.2) is 23.4 Å². The minimum atomic E-state index is -0.247. The second kappa shape index (κ2) is 2.58. The molecule has 1 saturated carbocycles. The van der Waals surface area contributed by atoms with E-state index in [0.717, 1.165) is 6.42 Å². The normalized spacial score (nSPS) is 38.5. The Morgan fingerprint density at radius 2 is 1.85 bits per heavy atom. The van der Waals surface area contributed by atoms with Gasteiger partial charge >= 0.3 is 0 Å². The van der Waals surface area contributed by atoms with Gasteiger partial charge in [-0.25, -0.2) is 0 Å². The van der Waals surface area contributed by atoms with Crippen LogP contribution in [-0.2, 0) is 0 Å². The van der Waals surface area contributed by atoms with Crippen molar-refractivity contribution in [2.45, 2.75) is 20.3 Å². The molecule has 2 nitrogen and oxygen atoms in total. The highest BCUT2D eigenvalue weighted by Crippen LogP contribution is 2.61. The van der Waals surface area contributed by atoms with Crippen LogP contribution in [0, 0.1) is 22.7 Å². The molecular weight excluding hydrogens is 164 g/mol. The van der Waals surface area contributed by atoms with E-state index in [1.807, 2.05) is 0 Å². The number of aliphatic hydroxyl groups excluding tert-OH is 2. The van der Waals surface area contributed by atoms with E-state index in [-0.39, 0.29) is 24.0 Å². The van der Waals surface area contributed by atoms with Crippen LogP contribution in [0.1, 0.15) is 20.3 Å². The van der Waals surface area contributed by atoms with Gasteiger partial charge in [-0.15, -0.1) is 0 Å². The fourth-order valence-corrected chi connectivity index (χ4v) is 3.24. The lowest BCUT2D eigenvalue weighted by Crippen LogP contribution is -2.36. The third kappa shape index (κ3) is 0.960. The second-order valence-corrected chi connectivity index (χ2v) is 5.17. The Hall–Kier alpha value is -0.340. The Balaban J connectivity index is 2.35. The quantitative estimate of drug-likeness (QED) is 0.630. The smallest absolute Gasteiger partial charge is 0.0515 e. The maximum atomic E-state index is 9.38. The standard InChI is InChI=1S/C11H18O2/c1-10(2)8-3-4-9(10)11(5-8,6-12)7-13/h3-4,8-9,12-13H,5-7H2,1-2H3. The van der Waals surface area contributed by atoms with Crippen molar-refractivity contribution in [3.63, 3.8) is 0 Å². The predicted molar refractivity (Wildman–Crippen MR) is 51.1 cm³/mol. The zero-order valence-electron chi connectivity index (χ0n) is 8.33. The van der Waals surface area contributed by atoms with Crippen LogP contribution in [0.2, 0.25) is 0 Å². The van der Waals surface area contributed by atoms with E-state index in [4.69, 9.17) is 0 Å². The largest absolute Gasteiger partial charge is 0.396 e. The van der Waals surface area contributed by atoms with Crippen LogP contribution in [0.4, 0.5) is 0 Å². The van der Waals surface area contributed by atoms with Crippen molar-refractivity contribution >= 4 is 0 Å². The van der Waals surface area contributed by atoms with Crippen molar-refractivity contribution in [3.05, 3.63) is 12.2 Å². The Morgan fingerprint density at radius 3 is 2.08 bits per heavy atom. The van der Waals surface area contributed by atoms with Crippen molar-refractivity contribution in [1.29, 1.82) is 0 Å². The summed E-state index contributed by atoms with van der Waals surface area (Å²) in [5.41, 5.74) is -0.0195. The molecule has 0 amide bonds. The Bertz CT molecular complexity index is 238. The molecule has 0 heterocycles. The Kier molecular flexibility index (Phi) is 1.83. The van der Waals surface area contributed by atoms with Crippen LogP contribution in [0.15, 0.2) is 12.2 Å². The van der Waals surface area contributed by atoms with Gasteiger partial charge in [0.1, 0.15) is 0 Å². The molecule has 0 aromatic heterocycles. The van der Waals surface area contributed by atoms with Crippen LogP contribution in [0.5, 0.6) is 0 Å². The molecule has 0 saturated heterocycles. The zero-order valence-corrected chi connectivity index (χ0v) is 8.33. The summed E-state index contributed by atoms with van der Waals surface area (Å²) in [6.07, 6.45) is 5.36. The molecule has 2 aliphatic carbocycles. The molecule has 0 aromatic rings. The van der Waals surface area contributed by atoms with Crippen molar-refractivity contribution < 1.29 is 10.2 Å². The van der Waals surface area contributed by atoms with E-state index < -0.39 is 0 Å². The SMILES string of the molecule is CC1(C)C2C=CC1C(CO)(CO)C2. The Morgan fingerprint density at radius 1 is 1.23 bits per heavy atom. The van der Waals surface area contributed by atoms with Gasteiger partial charge in [0.2, 0.25) is 0 Å². The first-order chi connectivity index (χ1) is 6.07. The summed E-state index contributed by atoms with van der Waals surface area (Å²) in [4.78, 5) is 0. The number of aliphatic hydroxyl groups is 2. The molecule has 2 aliphatic rings. The lowest BCUT2D eigenvalue weighted by molar-refractivity contribution is 0.0201. The summed E-state index contributed by atoms with van der Waals surface area (Å²) in [6.45, 7) is 4.68.